The van der Waals surface area contributed by atoms with Gasteiger partial charge >= 0.3 is 0 Å². The van der Waals surface area contributed by atoms with Crippen LogP contribution < -0.4 is 0 Å². The maximum absolute atomic E-state index is 5.98. The number of rotatable bonds is 5. The first-order chi connectivity index (χ1) is 9.86. The van der Waals surface area contributed by atoms with E-state index < -0.39 is 0 Å². The Morgan fingerprint density at radius 3 is 2.50 bits per heavy atom. The summed E-state index contributed by atoms with van der Waals surface area (Å²) in [7, 11) is 0. The maximum Gasteiger partial charge on any atom is 0.168 e. The summed E-state index contributed by atoms with van der Waals surface area (Å²) in [5.41, 5.74) is 0. The van der Waals surface area contributed by atoms with Gasteiger partial charge in [0.15, 0.2) is 5.79 Å². The van der Waals surface area contributed by atoms with Gasteiger partial charge in [-0.05, 0) is 25.0 Å². The summed E-state index contributed by atoms with van der Waals surface area (Å²) in [6.45, 7) is 2.32. The molecule has 3 nitrogen and oxygen atoms in total. The lowest BCUT2D eigenvalue weighted by atomic mass is 9.92. The Hall–Kier alpha value is -0.550. The summed E-state index contributed by atoms with van der Waals surface area (Å²) in [6, 6.07) is 10.5. The highest BCUT2D eigenvalue weighted by molar-refractivity contribution is 7.99. The van der Waals surface area contributed by atoms with Crippen LogP contribution in [0.1, 0.15) is 25.7 Å². The minimum atomic E-state index is -0.265. The Morgan fingerprint density at radius 1 is 1.10 bits per heavy atom. The molecular formula is C16H22O3S. The molecule has 1 aliphatic carbocycles. The molecule has 0 amide bonds. The minimum absolute atomic E-state index is 0.265. The zero-order valence-electron chi connectivity index (χ0n) is 11.8. The summed E-state index contributed by atoms with van der Waals surface area (Å²) >= 11 is 1.85. The van der Waals surface area contributed by atoms with Crippen molar-refractivity contribution in [2.45, 2.75) is 42.5 Å². The summed E-state index contributed by atoms with van der Waals surface area (Å²) < 4.78 is 17.4. The van der Waals surface area contributed by atoms with Crippen LogP contribution in [0.5, 0.6) is 0 Å². The average Bonchev–Trinajstić information content (AvgIpc) is 2.95. The average molecular weight is 294 g/mol. The molecule has 110 valence electrons. The van der Waals surface area contributed by atoms with Crippen molar-refractivity contribution in [2.75, 3.05) is 25.6 Å². The van der Waals surface area contributed by atoms with Crippen LogP contribution in [-0.2, 0) is 14.2 Å². The van der Waals surface area contributed by atoms with E-state index in [1.54, 1.807) is 0 Å². The molecule has 4 heteroatoms. The molecule has 1 saturated heterocycles. The monoisotopic (exact) mass is 294 g/mol. The molecule has 0 radical (unpaired) electrons. The van der Waals surface area contributed by atoms with Gasteiger partial charge in [-0.3, -0.25) is 0 Å². The molecule has 2 fully saturated rings. The van der Waals surface area contributed by atoms with E-state index >= 15 is 0 Å². The van der Waals surface area contributed by atoms with Crippen LogP contribution in [0.3, 0.4) is 0 Å². The van der Waals surface area contributed by atoms with Crippen molar-refractivity contribution in [1.29, 1.82) is 0 Å². The Bertz CT molecular complexity index is 393. The topological polar surface area (TPSA) is 27.7 Å². The van der Waals surface area contributed by atoms with E-state index in [4.69, 9.17) is 14.2 Å². The van der Waals surface area contributed by atoms with Gasteiger partial charge in [0.2, 0.25) is 0 Å². The highest BCUT2D eigenvalue weighted by Gasteiger charge is 2.40. The Kier molecular flexibility index (Phi) is 4.99. The fourth-order valence-electron chi connectivity index (χ4n) is 2.87. The van der Waals surface area contributed by atoms with Crippen LogP contribution in [0.4, 0.5) is 0 Å². The van der Waals surface area contributed by atoms with E-state index in [1.165, 1.54) is 4.90 Å². The summed E-state index contributed by atoms with van der Waals surface area (Å²) in [5.74, 6) is 0.747. The molecule has 20 heavy (non-hydrogen) atoms. The fraction of sp³-hybridized carbons (Fsp3) is 0.625. The number of benzene rings is 1. The molecule has 2 aliphatic rings. The van der Waals surface area contributed by atoms with Crippen molar-refractivity contribution in [3.8, 4) is 0 Å². The first-order valence-corrected chi connectivity index (χ1v) is 8.42. The lowest BCUT2D eigenvalue weighted by Gasteiger charge is -2.35. The van der Waals surface area contributed by atoms with Crippen molar-refractivity contribution in [3.05, 3.63) is 30.3 Å². The SMILES string of the molecule is c1ccc(SCCOC2CCC3(CC2)OCCO3)cc1. The van der Waals surface area contributed by atoms with Gasteiger partial charge in [0.25, 0.3) is 0 Å². The summed E-state index contributed by atoms with van der Waals surface area (Å²) in [4.78, 5) is 1.31. The molecule has 1 aliphatic heterocycles. The van der Waals surface area contributed by atoms with Crippen LogP contribution in [0.15, 0.2) is 35.2 Å². The fourth-order valence-corrected chi connectivity index (χ4v) is 3.64. The third-order valence-electron chi connectivity index (χ3n) is 3.96. The van der Waals surface area contributed by atoms with Gasteiger partial charge in [0.05, 0.1) is 25.9 Å². The van der Waals surface area contributed by atoms with Gasteiger partial charge in [0, 0.05) is 23.5 Å². The van der Waals surface area contributed by atoms with E-state index in [-0.39, 0.29) is 5.79 Å². The lowest BCUT2D eigenvalue weighted by molar-refractivity contribution is -0.191. The molecule has 0 bridgehead atoms. The van der Waals surface area contributed by atoms with Crippen LogP contribution in [-0.4, -0.2) is 37.5 Å². The third kappa shape index (κ3) is 3.76. The van der Waals surface area contributed by atoms with Crippen molar-refractivity contribution >= 4 is 11.8 Å². The van der Waals surface area contributed by atoms with Crippen molar-refractivity contribution in [2.24, 2.45) is 0 Å². The molecule has 1 heterocycles. The molecule has 0 N–H and O–H groups in total. The quantitative estimate of drug-likeness (QED) is 0.614. The second-order valence-electron chi connectivity index (χ2n) is 5.34. The van der Waals surface area contributed by atoms with Gasteiger partial charge < -0.3 is 14.2 Å². The van der Waals surface area contributed by atoms with E-state index in [1.807, 2.05) is 17.8 Å². The molecule has 1 aromatic carbocycles. The predicted molar refractivity (Wildman–Crippen MR) is 80.0 cm³/mol. The van der Waals surface area contributed by atoms with Crippen molar-refractivity contribution in [3.63, 3.8) is 0 Å². The summed E-state index contributed by atoms with van der Waals surface area (Å²) in [5, 5.41) is 0. The zero-order valence-corrected chi connectivity index (χ0v) is 12.6. The van der Waals surface area contributed by atoms with E-state index in [2.05, 4.69) is 24.3 Å². The van der Waals surface area contributed by atoms with Crippen LogP contribution >= 0.6 is 11.8 Å². The van der Waals surface area contributed by atoms with Gasteiger partial charge in [-0.15, -0.1) is 11.8 Å². The van der Waals surface area contributed by atoms with Crippen molar-refractivity contribution < 1.29 is 14.2 Å². The third-order valence-corrected chi connectivity index (χ3v) is 4.93. The second kappa shape index (κ2) is 6.94. The molecule has 1 spiro atoms. The summed E-state index contributed by atoms with van der Waals surface area (Å²) in [6.07, 6.45) is 4.43. The Morgan fingerprint density at radius 2 is 1.80 bits per heavy atom. The van der Waals surface area contributed by atoms with Gasteiger partial charge in [0.1, 0.15) is 0 Å². The molecule has 1 saturated carbocycles. The van der Waals surface area contributed by atoms with Gasteiger partial charge in [-0.1, -0.05) is 18.2 Å². The predicted octanol–water partition coefficient (Wildman–Crippen LogP) is 3.48. The zero-order chi connectivity index (χ0) is 13.7. The van der Waals surface area contributed by atoms with Crippen LogP contribution in [0.2, 0.25) is 0 Å². The normalized spacial score (nSPS) is 22.4. The largest absolute Gasteiger partial charge is 0.377 e. The van der Waals surface area contributed by atoms with E-state index in [9.17, 15) is 0 Å². The van der Waals surface area contributed by atoms with Gasteiger partial charge in [-0.25, -0.2) is 0 Å². The second-order valence-corrected chi connectivity index (χ2v) is 6.51. The van der Waals surface area contributed by atoms with Crippen molar-refractivity contribution in [1.82, 2.24) is 0 Å². The first kappa shape index (κ1) is 14.4. The standard InChI is InChI=1S/C16H22O3S/c1-2-4-15(5-3-1)20-13-12-17-14-6-8-16(9-7-14)18-10-11-19-16/h1-5,14H,6-13H2. The number of hydrogen-bond donors (Lipinski definition) is 0. The lowest BCUT2D eigenvalue weighted by Crippen LogP contribution is -2.37. The van der Waals surface area contributed by atoms with Crippen LogP contribution in [0.25, 0.3) is 0 Å². The van der Waals surface area contributed by atoms with Gasteiger partial charge in [-0.2, -0.15) is 0 Å². The van der Waals surface area contributed by atoms with E-state index in [0.29, 0.717) is 6.10 Å². The molecule has 0 atom stereocenters. The number of thioether (sulfide) groups is 1. The van der Waals surface area contributed by atoms with Crippen LogP contribution in [0, 0.1) is 0 Å². The smallest absolute Gasteiger partial charge is 0.168 e. The minimum Gasteiger partial charge on any atom is -0.377 e. The number of hydrogen-bond acceptors (Lipinski definition) is 4. The highest BCUT2D eigenvalue weighted by Crippen LogP contribution is 2.36. The molecule has 3 rings (SSSR count). The van der Waals surface area contributed by atoms with E-state index in [0.717, 1.165) is 51.3 Å². The first-order valence-electron chi connectivity index (χ1n) is 7.44. The molecule has 0 aromatic heterocycles. The molecule has 0 unspecified atom stereocenters. The highest BCUT2D eigenvalue weighted by atomic mass is 32.2. The molecular weight excluding hydrogens is 272 g/mol. The number of ether oxygens (including phenoxy) is 3. The Labute approximate surface area is 125 Å². The molecule has 1 aromatic rings. The Balaban J connectivity index is 1.32. The maximum atomic E-state index is 5.98.